The molecule has 1 aromatic rings. The number of carboxylic acid groups (broad SMARTS) is 1. The van der Waals surface area contributed by atoms with Crippen molar-refractivity contribution < 1.29 is 9.90 Å². The van der Waals surface area contributed by atoms with Crippen LogP contribution in [0.1, 0.15) is 18.7 Å². The van der Waals surface area contributed by atoms with Crippen LogP contribution in [0, 0.1) is 0 Å². The molecule has 1 aliphatic heterocycles. The molecule has 1 aromatic heterocycles. The molecule has 92 valence electrons. The fraction of sp³-hybridized carbons (Fsp3) is 0.500. The van der Waals surface area contributed by atoms with E-state index >= 15 is 0 Å². The van der Waals surface area contributed by atoms with E-state index in [2.05, 4.69) is 22.1 Å². The Morgan fingerprint density at radius 1 is 1.65 bits per heavy atom. The third kappa shape index (κ3) is 2.81. The van der Waals surface area contributed by atoms with Gasteiger partial charge in [-0.2, -0.15) is 0 Å². The van der Waals surface area contributed by atoms with Gasteiger partial charge in [0.25, 0.3) is 0 Å². The zero-order valence-electron chi connectivity index (χ0n) is 9.84. The second kappa shape index (κ2) is 5.25. The highest BCUT2D eigenvalue weighted by molar-refractivity contribution is 5.73. The fourth-order valence-corrected chi connectivity index (χ4v) is 2.10. The molecule has 5 heteroatoms. The summed E-state index contributed by atoms with van der Waals surface area (Å²) in [6, 6.07) is 5.49. The van der Waals surface area contributed by atoms with Crippen molar-refractivity contribution in [2.24, 2.45) is 0 Å². The number of nitrogens with one attached hydrogen (secondary N) is 1. The van der Waals surface area contributed by atoms with Crippen LogP contribution in [-0.4, -0.2) is 46.6 Å². The highest BCUT2D eigenvalue weighted by Crippen LogP contribution is 2.19. The number of piperazine rings is 1. The van der Waals surface area contributed by atoms with Crippen molar-refractivity contribution in [3.05, 3.63) is 30.1 Å². The quantitative estimate of drug-likeness (QED) is 0.798. The van der Waals surface area contributed by atoms with Gasteiger partial charge in [-0.3, -0.25) is 14.7 Å². The molecule has 5 nitrogen and oxygen atoms in total. The molecule has 17 heavy (non-hydrogen) atoms. The summed E-state index contributed by atoms with van der Waals surface area (Å²) in [7, 11) is 0. The zero-order chi connectivity index (χ0) is 12.3. The zero-order valence-corrected chi connectivity index (χ0v) is 9.84. The van der Waals surface area contributed by atoms with E-state index in [4.69, 9.17) is 5.11 Å². The molecule has 0 aromatic carbocycles. The summed E-state index contributed by atoms with van der Waals surface area (Å²) in [4.78, 5) is 17.4. The molecule has 0 saturated carbocycles. The van der Waals surface area contributed by atoms with Gasteiger partial charge in [0.05, 0.1) is 5.69 Å². The molecule has 0 radical (unpaired) electrons. The number of pyridine rings is 1. The minimum atomic E-state index is -0.789. The molecule has 2 atom stereocenters. The topological polar surface area (TPSA) is 65.5 Å². The average Bonchev–Trinajstić information content (AvgIpc) is 2.39. The van der Waals surface area contributed by atoms with E-state index < -0.39 is 12.0 Å². The summed E-state index contributed by atoms with van der Waals surface area (Å²) in [6.07, 6.45) is 1.77. The van der Waals surface area contributed by atoms with E-state index in [0.29, 0.717) is 13.1 Å². The minimum Gasteiger partial charge on any atom is -0.480 e. The predicted octanol–water partition coefficient (Wildman–Crippen LogP) is 0.501. The number of carboxylic acids is 1. The summed E-state index contributed by atoms with van der Waals surface area (Å²) in [5.74, 6) is -0.789. The van der Waals surface area contributed by atoms with Crippen LogP contribution in [0.4, 0.5) is 0 Å². The Kier molecular flexibility index (Phi) is 3.71. The molecule has 1 fully saturated rings. The maximum absolute atomic E-state index is 11.0. The summed E-state index contributed by atoms with van der Waals surface area (Å²) in [5, 5.41) is 12.0. The Bertz CT molecular complexity index is 383. The first-order valence-electron chi connectivity index (χ1n) is 5.79. The molecular weight excluding hydrogens is 218 g/mol. The Balaban J connectivity index is 2.05. The smallest absolute Gasteiger partial charge is 0.322 e. The molecule has 2 heterocycles. The van der Waals surface area contributed by atoms with Crippen LogP contribution in [0.25, 0.3) is 0 Å². The Hall–Kier alpha value is -1.46. The van der Waals surface area contributed by atoms with Gasteiger partial charge in [-0.1, -0.05) is 6.07 Å². The molecule has 1 aliphatic rings. The van der Waals surface area contributed by atoms with Gasteiger partial charge < -0.3 is 10.4 Å². The molecule has 0 spiro atoms. The van der Waals surface area contributed by atoms with Gasteiger partial charge in [0, 0.05) is 31.9 Å². The number of aromatic nitrogens is 1. The SMILES string of the molecule is C[C@@H](c1ccccn1)N1CCN[C@@H](C(=O)O)C1. The van der Waals surface area contributed by atoms with Crippen molar-refractivity contribution in [2.75, 3.05) is 19.6 Å². The second-order valence-electron chi connectivity index (χ2n) is 4.27. The summed E-state index contributed by atoms with van der Waals surface area (Å²) in [5.41, 5.74) is 0.985. The number of hydrogen-bond acceptors (Lipinski definition) is 4. The van der Waals surface area contributed by atoms with Crippen LogP contribution in [0.3, 0.4) is 0 Å². The molecule has 0 amide bonds. The third-order valence-electron chi connectivity index (χ3n) is 3.17. The first-order valence-corrected chi connectivity index (χ1v) is 5.79. The van der Waals surface area contributed by atoms with Gasteiger partial charge in [-0.15, -0.1) is 0 Å². The lowest BCUT2D eigenvalue weighted by Crippen LogP contribution is -2.54. The van der Waals surface area contributed by atoms with E-state index in [-0.39, 0.29) is 6.04 Å². The van der Waals surface area contributed by atoms with Crippen LogP contribution in [-0.2, 0) is 4.79 Å². The van der Waals surface area contributed by atoms with Crippen LogP contribution in [0.5, 0.6) is 0 Å². The van der Waals surface area contributed by atoms with Crippen molar-refractivity contribution >= 4 is 5.97 Å². The monoisotopic (exact) mass is 235 g/mol. The molecule has 2 N–H and O–H groups in total. The molecule has 0 unspecified atom stereocenters. The van der Waals surface area contributed by atoms with E-state index in [1.165, 1.54) is 0 Å². The van der Waals surface area contributed by atoms with E-state index in [9.17, 15) is 4.79 Å². The minimum absolute atomic E-state index is 0.153. The third-order valence-corrected chi connectivity index (χ3v) is 3.17. The lowest BCUT2D eigenvalue weighted by Gasteiger charge is -2.35. The number of nitrogens with zero attached hydrogens (tertiary/aromatic N) is 2. The Morgan fingerprint density at radius 3 is 3.12 bits per heavy atom. The normalized spacial score (nSPS) is 23.2. The fourth-order valence-electron chi connectivity index (χ4n) is 2.10. The molecule has 0 aliphatic carbocycles. The molecule has 2 rings (SSSR count). The van der Waals surface area contributed by atoms with Crippen molar-refractivity contribution in [3.63, 3.8) is 0 Å². The van der Waals surface area contributed by atoms with Gasteiger partial charge >= 0.3 is 5.97 Å². The lowest BCUT2D eigenvalue weighted by molar-refractivity contribution is -0.140. The summed E-state index contributed by atoms with van der Waals surface area (Å²) >= 11 is 0. The van der Waals surface area contributed by atoms with Crippen molar-refractivity contribution in [2.45, 2.75) is 19.0 Å². The first-order chi connectivity index (χ1) is 8.18. The number of rotatable bonds is 3. The van der Waals surface area contributed by atoms with Gasteiger partial charge in [-0.25, -0.2) is 0 Å². The van der Waals surface area contributed by atoms with Crippen molar-refractivity contribution in [3.8, 4) is 0 Å². The van der Waals surface area contributed by atoms with E-state index in [1.807, 2.05) is 18.2 Å². The van der Waals surface area contributed by atoms with Gasteiger partial charge in [0.1, 0.15) is 6.04 Å². The highest BCUT2D eigenvalue weighted by atomic mass is 16.4. The van der Waals surface area contributed by atoms with Gasteiger partial charge in [-0.05, 0) is 19.1 Å². The number of hydrogen-bond donors (Lipinski definition) is 2. The largest absolute Gasteiger partial charge is 0.480 e. The van der Waals surface area contributed by atoms with Crippen LogP contribution in [0.2, 0.25) is 0 Å². The van der Waals surface area contributed by atoms with Gasteiger partial charge in [0.15, 0.2) is 0 Å². The highest BCUT2D eigenvalue weighted by Gasteiger charge is 2.28. The van der Waals surface area contributed by atoms with E-state index in [1.54, 1.807) is 6.20 Å². The van der Waals surface area contributed by atoms with E-state index in [0.717, 1.165) is 12.2 Å². The van der Waals surface area contributed by atoms with Gasteiger partial charge in [0.2, 0.25) is 0 Å². The van der Waals surface area contributed by atoms with Crippen molar-refractivity contribution in [1.29, 1.82) is 0 Å². The Labute approximate surface area is 100 Å². The van der Waals surface area contributed by atoms with Crippen LogP contribution in [0.15, 0.2) is 24.4 Å². The maximum atomic E-state index is 11.0. The second-order valence-corrected chi connectivity index (χ2v) is 4.27. The first kappa shape index (κ1) is 12.0. The Morgan fingerprint density at radius 2 is 2.47 bits per heavy atom. The number of carbonyl (C=O) groups is 1. The summed E-state index contributed by atoms with van der Waals surface area (Å²) < 4.78 is 0. The number of aliphatic carboxylic acids is 1. The maximum Gasteiger partial charge on any atom is 0.322 e. The van der Waals surface area contributed by atoms with Crippen molar-refractivity contribution in [1.82, 2.24) is 15.2 Å². The lowest BCUT2D eigenvalue weighted by atomic mass is 10.1. The molecule has 0 bridgehead atoms. The average molecular weight is 235 g/mol. The standard InChI is InChI=1S/C12H17N3O2/c1-9(10-4-2-3-5-13-10)15-7-6-14-11(8-15)12(16)17/h2-5,9,11,14H,6-8H2,1H3,(H,16,17)/t9-,11+/m0/s1. The molecule has 1 saturated heterocycles. The predicted molar refractivity (Wildman–Crippen MR) is 63.7 cm³/mol. The van der Waals surface area contributed by atoms with Crippen LogP contribution < -0.4 is 5.32 Å². The molecular formula is C12H17N3O2. The summed E-state index contributed by atoms with van der Waals surface area (Å²) in [6.45, 7) is 4.13. The van der Waals surface area contributed by atoms with Crippen LogP contribution >= 0.6 is 0 Å².